The fourth-order valence-electron chi connectivity index (χ4n) is 2.10. The summed E-state index contributed by atoms with van der Waals surface area (Å²) in [5, 5.41) is 8.64. The van der Waals surface area contributed by atoms with Crippen LogP contribution in [0.15, 0.2) is 22.7 Å². The number of halogens is 1. The lowest BCUT2D eigenvalue weighted by atomic mass is 10.1. The zero-order valence-corrected chi connectivity index (χ0v) is 10.8. The summed E-state index contributed by atoms with van der Waals surface area (Å²) in [6.45, 7) is 3.94. The van der Waals surface area contributed by atoms with E-state index < -0.39 is 0 Å². The SMILES string of the molecule is ONCc1ccc(CN2CCCC2)c(Br)c1. The van der Waals surface area contributed by atoms with Gasteiger partial charge in [-0.1, -0.05) is 28.1 Å². The van der Waals surface area contributed by atoms with Crippen molar-refractivity contribution in [2.24, 2.45) is 0 Å². The number of nitrogens with one attached hydrogen (secondary N) is 1. The van der Waals surface area contributed by atoms with Crippen molar-refractivity contribution in [2.45, 2.75) is 25.9 Å². The molecule has 1 aromatic rings. The molecule has 1 heterocycles. The summed E-state index contributed by atoms with van der Waals surface area (Å²) in [7, 11) is 0. The van der Waals surface area contributed by atoms with Gasteiger partial charge in [-0.15, -0.1) is 0 Å². The van der Waals surface area contributed by atoms with E-state index in [0.717, 1.165) is 16.6 Å². The van der Waals surface area contributed by atoms with Crippen molar-refractivity contribution in [3.8, 4) is 0 Å². The Hall–Kier alpha value is -0.420. The minimum Gasteiger partial charge on any atom is -0.316 e. The number of nitrogens with zero attached hydrogens (tertiary/aromatic N) is 1. The first-order valence-corrected chi connectivity index (χ1v) is 6.45. The van der Waals surface area contributed by atoms with Gasteiger partial charge in [0.05, 0.1) is 0 Å². The standard InChI is InChI=1S/C12H17BrN2O/c13-12-7-10(8-14-16)3-4-11(12)9-15-5-1-2-6-15/h3-4,7,14,16H,1-2,5-6,8-9H2. The van der Waals surface area contributed by atoms with Crippen LogP contribution < -0.4 is 5.48 Å². The van der Waals surface area contributed by atoms with Crippen molar-refractivity contribution in [2.75, 3.05) is 13.1 Å². The van der Waals surface area contributed by atoms with Gasteiger partial charge >= 0.3 is 0 Å². The third-order valence-electron chi connectivity index (χ3n) is 2.99. The molecule has 16 heavy (non-hydrogen) atoms. The lowest BCUT2D eigenvalue weighted by molar-refractivity contribution is 0.161. The van der Waals surface area contributed by atoms with Crippen LogP contribution in [0.2, 0.25) is 0 Å². The highest BCUT2D eigenvalue weighted by Gasteiger charge is 2.13. The van der Waals surface area contributed by atoms with Gasteiger partial charge in [0.2, 0.25) is 0 Å². The van der Waals surface area contributed by atoms with E-state index >= 15 is 0 Å². The molecule has 2 N–H and O–H groups in total. The van der Waals surface area contributed by atoms with Gasteiger partial charge in [0.1, 0.15) is 0 Å². The molecule has 0 saturated carbocycles. The van der Waals surface area contributed by atoms with E-state index in [1.54, 1.807) is 0 Å². The minimum atomic E-state index is 0.489. The molecule has 1 aromatic carbocycles. The third-order valence-corrected chi connectivity index (χ3v) is 3.73. The molecule has 0 aliphatic carbocycles. The van der Waals surface area contributed by atoms with Crippen LogP contribution >= 0.6 is 15.9 Å². The first kappa shape index (κ1) is 12.0. The predicted molar refractivity (Wildman–Crippen MR) is 67.3 cm³/mol. The fourth-order valence-corrected chi connectivity index (χ4v) is 2.65. The normalized spacial score (nSPS) is 16.9. The van der Waals surface area contributed by atoms with Crippen LogP contribution in [0.3, 0.4) is 0 Å². The molecule has 2 rings (SSSR count). The Labute approximate surface area is 105 Å². The van der Waals surface area contributed by atoms with Crippen molar-refractivity contribution < 1.29 is 5.21 Å². The molecule has 0 amide bonds. The highest BCUT2D eigenvalue weighted by Crippen LogP contribution is 2.22. The molecule has 3 nitrogen and oxygen atoms in total. The van der Waals surface area contributed by atoms with Crippen molar-refractivity contribution in [1.29, 1.82) is 0 Å². The van der Waals surface area contributed by atoms with Gasteiger partial charge in [-0.25, -0.2) is 5.48 Å². The van der Waals surface area contributed by atoms with Crippen molar-refractivity contribution in [3.05, 3.63) is 33.8 Å². The maximum atomic E-state index is 8.64. The zero-order valence-electron chi connectivity index (χ0n) is 9.25. The number of likely N-dealkylation sites (tertiary alicyclic amines) is 1. The maximum Gasteiger partial charge on any atom is 0.0458 e. The van der Waals surface area contributed by atoms with Gasteiger partial charge in [0.15, 0.2) is 0 Å². The van der Waals surface area contributed by atoms with Crippen LogP contribution in [-0.4, -0.2) is 23.2 Å². The number of benzene rings is 1. The average molecular weight is 285 g/mol. The van der Waals surface area contributed by atoms with Crippen LogP contribution in [0.5, 0.6) is 0 Å². The highest BCUT2D eigenvalue weighted by molar-refractivity contribution is 9.10. The van der Waals surface area contributed by atoms with Crippen LogP contribution in [0, 0.1) is 0 Å². The third kappa shape index (κ3) is 3.04. The topological polar surface area (TPSA) is 35.5 Å². The molecular formula is C12H17BrN2O. The van der Waals surface area contributed by atoms with Crippen molar-refractivity contribution >= 4 is 15.9 Å². The van der Waals surface area contributed by atoms with Gasteiger partial charge in [-0.2, -0.15) is 0 Å². The Balaban J connectivity index is 2.03. The molecule has 1 fully saturated rings. The van der Waals surface area contributed by atoms with Gasteiger partial charge in [0, 0.05) is 17.6 Å². The van der Waals surface area contributed by atoms with Crippen LogP contribution in [0.4, 0.5) is 0 Å². The predicted octanol–water partition coefficient (Wildman–Crippen LogP) is 2.52. The zero-order chi connectivity index (χ0) is 11.4. The maximum absolute atomic E-state index is 8.64. The lowest BCUT2D eigenvalue weighted by Crippen LogP contribution is -2.18. The van der Waals surface area contributed by atoms with Crippen LogP contribution in [-0.2, 0) is 13.1 Å². The molecule has 0 bridgehead atoms. The molecule has 0 radical (unpaired) electrons. The van der Waals surface area contributed by atoms with E-state index in [9.17, 15) is 0 Å². The molecule has 4 heteroatoms. The first-order valence-electron chi connectivity index (χ1n) is 5.66. The Morgan fingerprint density at radius 3 is 2.69 bits per heavy atom. The number of hydrogen-bond donors (Lipinski definition) is 2. The summed E-state index contributed by atoms with van der Waals surface area (Å²) < 4.78 is 1.13. The van der Waals surface area contributed by atoms with Gasteiger partial charge in [0.25, 0.3) is 0 Å². The molecule has 1 aliphatic heterocycles. The van der Waals surface area contributed by atoms with Crippen molar-refractivity contribution in [1.82, 2.24) is 10.4 Å². The average Bonchev–Trinajstić information content (AvgIpc) is 2.75. The van der Waals surface area contributed by atoms with Crippen molar-refractivity contribution in [3.63, 3.8) is 0 Å². The Morgan fingerprint density at radius 1 is 1.31 bits per heavy atom. The quantitative estimate of drug-likeness (QED) is 0.834. The summed E-state index contributed by atoms with van der Waals surface area (Å²) in [5.74, 6) is 0. The van der Waals surface area contributed by atoms with E-state index in [4.69, 9.17) is 5.21 Å². The summed E-state index contributed by atoms with van der Waals surface area (Å²) in [6, 6.07) is 6.25. The Morgan fingerprint density at radius 2 is 2.06 bits per heavy atom. The van der Waals surface area contributed by atoms with E-state index in [-0.39, 0.29) is 0 Å². The fraction of sp³-hybridized carbons (Fsp3) is 0.500. The summed E-state index contributed by atoms with van der Waals surface area (Å²) >= 11 is 3.59. The molecule has 1 saturated heterocycles. The van der Waals surface area contributed by atoms with Crippen LogP contribution in [0.1, 0.15) is 24.0 Å². The van der Waals surface area contributed by atoms with E-state index in [1.165, 1.54) is 31.5 Å². The molecule has 88 valence electrons. The molecule has 0 atom stereocenters. The van der Waals surface area contributed by atoms with E-state index in [2.05, 4.69) is 44.5 Å². The van der Waals surface area contributed by atoms with Gasteiger partial charge in [-0.3, -0.25) is 4.90 Å². The number of hydrogen-bond acceptors (Lipinski definition) is 3. The number of hydroxylamine groups is 1. The van der Waals surface area contributed by atoms with E-state index in [0.29, 0.717) is 6.54 Å². The highest BCUT2D eigenvalue weighted by atomic mass is 79.9. The smallest absolute Gasteiger partial charge is 0.0458 e. The first-order chi connectivity index (χ1) is 7.79. The second-order valence-electron chi connectivity index (χ2n) is 4.24. The Bertz CT molecular complexity index is 351. The lowest BCUT2D eigenvalue weighted by Gasteiger charge is -2.16. The molecule has 1 aliphatic rings. The summed E-state index contributed by atoms with van der Waals surface area (Å²) in [5.41, 5.74) is 4.58. The molecule has 0 aromatic heterocycles. The summed E-state index contributed by atoms with van der Waals surface area (Å²) in [6.07, 6.45) is 2.65. The van der Waals surface area contributed by atoms with E-state index in [1.807, 2.05) is 0 Å². The minimum absolute atomic E-state index is 0.489. The Kier molecular flexibility index (Phi) is 4.35. The second-order valence-corrected chi connectivity index (χ2v) is 5.10. The largest absolute Gasteiger partial charge is 0.316 e. The number of rotatable bonds is 4. The molecule has 0 spiro atoms. The van der Waals surface area contributed by atoms with Gasteiger partial charge in [-0.05, 0) is 43.1 Å². The van der Waals surface area contributed by atoms with Gasteiger partial charge < -0.3 is 5.21 Å². The van der Waals surface area contributed by atoms with Crippen LogP contribution in [0.25, 0.3) is 0 Å². The monoisotopic (exact) mass is 284 g/mol. The molecule has 0 unspecified atom stereocenters. The summed E-state index contributed by atoms with van der Waals surface area (Å²) in [4.78, 5) is 2.48. The second kappa shape index (κ2) is 5.77. The molecular weight excluding hydrogens is 268 g/mol.